The molecule has 0 spiro atoms. The molecule has 4 rings (SSSR count). The molecule has 1 fully saturated rings. The fraction of sp³-hybridized carbons (Fsp3) is 0.273. The molecule has 0 aromatic heterocycles. The number of benzene rings is 2. The Morgan fingerprint density at radius 2 is 1.93 bits per heavy atom. The molecule has 6 heteroatoms. The second kappa shape index (κ2) is 8.05. The lowest BCUT2D eigenvalue weighted by Gasteiger charge is -2.21. The van der Waals surface area contributed by atoms with Crippen molar-refractivity contribution in [2.75, 3.05) is 11.9 Å². The van der Waals surface area contributed by atoms with Gasteiger partial charge in [-0.15, -0.1) is 0 Å². The van der Waals surface area contributed by atoms with E-state index in [1.165, 1.54) is 24.9 Å². The van der Waals surface area contributed by atoms with Crippen LogP contribution >= 0.6 is 22.6 Å². The number of hydrogen-bond donors (Lipinski definition) is 2. The Morgan fingerprint density at radius 3 is 2.64 bits per heavy atom. The molecule has 0 radical (unpaired) electrons. The lowest BCUT2D eigenvalue weighted by atomic mass is 9.95. The average Bonchev–Trinajstić information content (AvgIpc) is 3.07. The molecular formula is C22H22IN3O2. The summed E-state index contributed by atoms with van der Waals surface area (Å²) in [6.45, 7) is 4.42. The Labute approximate surface area is 178 Å². The summed E-state index contributed by atoms with van der Waals surface area (Å²) < 4.78 is 0.977. The first-order chi connectivity index (χ1) is 13.5. The van der Waals surface area contributed by atoms with Crippen molar-refractivity contribution in [2.45, 2.75) is 32.4 Å². The molecule has 0 bridgehead atoms. The fourth-order valence-electron chi connectivity index (χ4n) is 3.76. The van der Waals surface area contributed by atoms with Crippen LogP contribution in [0.2, 0.25) is 0 Å². The highest BCUT2D eigenvalue weighted by molar-refractivity contribution is 14.1. The molecule has 1 saturated heterocycles. The van der Waals surface area contributed by atoms with Crippen molar-refractivity contribution in [3.05, 3.63) is 68.9 Å². The number of fused-ring (bicyclic) bond motifs is 1. The smallest absolute Gasteiger partial charge is 0.260 e. The summed E-state index contributed by atoms with van der Waals surface area (Å²) in [5.74, 6) is -0.735. The van der Waals surface area contributed by atoms with Crippen molar-refractivity contribution in [3.63, 3.8) is 0 Å². The summed E-state index contributed by atoms with van der Waals surface area (Å²) in [6.07, 6.45) is 4.23. The lowest BCUT2D eigenvalue weighted by molar-refractivity contribution is -0.114. The maximum atomic E-state index is 12.3. The number of nitrogens with zero attached hydrogens (tertiary/aromatic N) is 1. The zero-order chi connectivity index (χ0) is 19.7. The van der Waals surface area contributed by atoms with Crippen LogP contribution in [-0.2, 0) is 11.3 Å². The van der Waals surface area contributed by atoms with Crippen LogP contribution in [0.25, 0.3) is 5.57 Å². The second-order valence-corrected chi connectivity index (χ2v) is 8.58. The van der Waals surface area contributed by atoms with Gasteiger partial charge in [-0.25, -0.2) is 0 Å². The van der Waals surface area contributed by atoms with Crippen LogP contribution in [0.4, 0.5) is 5.69 Å². The van der Waals surface area contributed by atoms with Gasteiger partial charge in [-0.3, -0.25) is 19.8 Å². The molecule has 28 heavy (non-hydrogen) atoms. The number of imide groups is 1. The normalized spacial score (nSPS) is 20.9. The van der Waals surface area contributed by atoms with E-state index in [1.54, 1.807) is 12.3 Å². The van der Waals surface area contributed by atoms with E-state index in [4.69, 9.17) is 0 Å². The van der Waals surface area contributed by atoms with Crippen LogP contribution in [0.1, 0.15) is 41.3 Å². The van der Waals surface area contributed by atoms with Gasteiger partial charge in [0.2, 0.25) is 0 Å². The van der Waals surface area contributed by atoms with Gasteiger partial charge in [0.05, 0.1) is 5.57 Å². The highest BCUT2D eigenvalue weighted by Gasteiger charge is 2.27. The van der Waals surface area contributed by atoms with Gasteiger partial charge in [0, 0.05) is 39.2 Å². The van der Waals surface area contributed by atoms with Gasteiger partial charge >= 0.3 is 0 Å². The predicted molar refractivity (Wildman–Crippen MR) is 119 cm³/mol. The molecular weight excluding hydrogens is 465 g/mol. The quantitative estimate of drug-likeness (QED) is 0.389. The van der Waals surface area contributed by atoms with Crippen molar-refractivity contribution >= 4 is 45.7 Å². The fourth-order valence-corrected chi connectivity index (χ4v) is 4.26. The SMILES string of the molecule is CC1CCCN1Cc1ccc(NC=C2C(=O)NC(=O)c3ccc(I)cc32)cc1. The van der Waals surface area contributed by atoms with Crippen LogP contribution < -0.4 is 10.6 Å². The summed E-state index contributed by atoms with van der Waals surface area (Å²) in [5.41, 5.74) is 3.83. The van der Waals surface area contributed by atoms with Crippen LogP contribution in [0.3, 0.4) is 0 Å². The number of carbonyl (C=O) groups excluding carboxylic acids is 2. The van der Waals surface area contributed by atoms with Gasteiger partial charge in [0.25, 0.3) is 11.8 Å². The van der Waals surface area contributed by atoms with Gasteiger partial charge < -0.3 is 5.32 Å². The van der Waals surface area contributed by atoms with Crippen molar-refractivity contribution in [1.29, 1.82) is 0 Å². The third-order valence-electron chi connectivity index (χ3n) is 5.40. The maximum absolute atomic E-state index is 12.3. The third kappa shape index (κ3) is 3.98. The van der Waals surface area contributed by atoms with Gasteiger partial charge in [0.1, 0.15) is 0 Å². The zero-order valence-corrected chi connectivity index (χ0v) is 17.8. The highest BCUT2D eigenvalue weighted by Crippen LogP contribution is 2.26. The lowest BCUT2D eigenvalue weighted by Crippen LogP contribution is -2.36. The first-order valence-electron chi connectivity index (χ1n) is 9.46. The van der Waals surface area contributed by atoms with E-state index in [0.29, 0.717) is 22.7 Å². The molecule has 2 aromatic carbocycles. The topological polar surface area (TPSA) is 61.4 Å². The summed E-state index contributed by atoms with van der Waals surface area (Å²) in [6, 6.07) is 14.4. The maximum Gasteiger partial charge on any atom is 0.260 e. The summed E-state index contributed by atoms with van der Waals surface area (Å²) in [4.78, 5) is 26.9. The number of likely N-dealkylation sites (tertiary alicyclic amines) is 1. The van der Waals surface area contributed by atoms with Crippen molar-refractivity contribution in [2.24, 2.45) is 0 Å². The van der Waals surface area contributed by atoms with Gasteiger partial charge in [-0.1, -0.05) is 12.1 Å². The van der Waals surface area contributed by atoms with Crippen molar-refractivity contribution < 1.29 is 9.59 Å². The van der Waals surface area contributed by atoms with Crippen molar-refractivity contribution in [3.8, 4) is 0 Å². The molecule has 144 valence electrons. The summed E-state index contributed by atoms with van der Waals surface area (Å²) >= 11 is 2.18. The van der Waals surface area contributed by atoms with E-state index in [-0.39, 0.29) is 11.8 Å². The molecule has 2 heterocycles. The molecule has 0 aliphatic carbocycles. The average molecular weight is 487 g/mol. The molecule has 5 nitrogen and oxygen atoms in total. The van der Waals surface area contributed by atoms with Gasteiger partial charge in [-0.05, 0) is 84.8 Å². The Morgan fingerprint density at radius 1 is 1.14 bits per heavy atom. The molecule has 2 aromatic rings. The molecule has 0 saturated carbocycles. The molecule has 2 N–H and O–H groups in total. The standard InChI is InChI=1S/C22H22IN3O2/c1-14-3-2-10-26(14)13-15-4-7-17(8-5-15)24-12-20-19-11-16(23)6-9-18(19)21(27)25-22(20)28/h4-9,11-12,14,24H,2-3,10,13H2,1H3,(H,25,27,28). The Balaban J connectivity index is 1.51. The highest BCUT2D eigenvalue weighted by atomic mass is 127. The van der Waals surface area contributed by atoms with Crippen LogP contribution in [-0.4, -0.2) is 29.3 Å². The number of carbonyl (C=O) groups is 2. The zero-order valence-electron chi connectivity index (χ0n) is 15.7. The van der Waals surface area contributed by atoms with Crippen molar-refractivity contribution in [1.82, 2.24) is 10.2 Å². The molecule has 1 unspecified atom stereocenters. The first-order valence-corrected chi connectivity index (χ1v) is 10.5. The van der Waals surface area contributed by atoms with Crippen LogP contribution in [0, 0.1) is 3.57 Å². The minimum Gasteiger partial charge on any atom is -0.361 e. The predicted octanol–water partition coefficient (Wildman–Crippen LogP) is 4.00. The number of rotatable bonds is 4. The Kier molecular flexibility index (Phi) is 5.50. The summed E-state index contributed by atoms with van der Waals surface area (Å²) in [7, 11) is 0. The molecule has 2 aliphatic heterocycles. The van der Waals surface area contributed by atoms with E-state index < -0.39 is 0 Å². The number of halogens is 1. The van der Waals surface area contributed by atoms with E-state index in [1.807, 2.05) is 24.3 Å². The molecule has 2 amide bonds. The minimum atomic E-state index is -0.383. The Bertz CT molecular complexity index is 953. The van der Waals surface area contributed by atoms with E-state index in [2.05, 4.69) is 57.2 Å². The second-order valence-electron chi connectivity index (χ2n) is 7.33. The number of anilines is 1. The summed E-state index contributed by atoms with van der Waals surface area (Å²) in [5, 5.41) is 5.60. The van der Waals surface area contributed by atoms with Gasteiger partial charge in [0.15, 0.2) is 0 Å². The third-order valence-corrected chi connectivity index (χ3v) is 6.07. The molecule has 2 aliphatic rings. The first kappa shape index (κ1) is 19.1. The monoisotopic (exact) mass is 487 g/mol. The van der Waals surface area contributed by atoms with E-state index in [9.17, 15) is 9.59 Å². The number of hydrogen-bond acceptors (Lipinski definition) is 4. The van der Waals surface area contributed by atoms with E-state index in [0.717, 1.165) is 15.8 Å². The largest absolute Gasteiger partial charge is 0.361 e. The molecule has 1 atom stereocenters. The number of nitrogens with one attached hydrogen (secondary N) is 2. The minimum absolute atomic E-state index is 0.353. The van der Waals surface area contributed by atoms with Crippen LogP contribution in [0.5, 0.6) is 0 Å². The number of amides is 2. The van der Waals surface area contributed by atoms with Gasteiger partial charge in [-0.2, -0.15) is 0 Å². The Hall–Kier alpha value is -2.19. The van der Waals surface area contributed by atoms with E-state index >= 15 is 0 Å². The van der Waals surface area contributed by atoms with Crippen LogP contribution in [0.15, 0.2) is 48.7 Å².